The van der Waals surface area contributed by atoms with Crippen molar-refractivity contribution in [3.63, 3.8) is 0 Å². The molecule has 0 spiro atoms. The first kappa shape index (κ1) is 13.6. The molecule has 1 aliphatic rings. The summed E-state index contributed by atoms with van der Waals surface area (Å²) in [7, 11) is 0. The van der Waals surface area contributed by atoms with Crippen LogP contribution in [0.3, 0.4) is 0 Å². The van der Waals surface area contributed by atoms with Gasteiger partial charge in [-0.1, -0.05) is 0 Å². The van der Waals surface area contributed by atoms with Crippen molar-refractivity contribution in [1.82, 2.24) is 10.6 Å². The highest BCUT2D eigenvalue weighted by atomic mass is 19.1. The van der Waals surface area contributed by atoms with Crippen LogP contribution < -0.4 is 10.6 Å². The molecule has 1 unspecified atom stereocenters. The van der Waals surface area contributed by atoms with Crippen LogP contribution in [0.5, 0.6) is 0 Å². The van der Waals surface area contributed by atoms with Crippen LogP contribution >= 0.6 is 0 Å². The van der Waals surface area contributed by atoms with Gasteiger partial charge in [-0.3, -0.25) is 9.59 Å². The van der Waals surface area contributed by atoms with E-state index < -0.39 is 11.9 Å². The van der Waals surface area contributed by atoms with E-state index >= 15 is 0 Å². The molecule has 0 bridgehead atoms. The number of hydrogen-bond acceptors (Lipinski definition) is 3. The van der Waals surface area contributed by atoms with E-state index in [1.165, 1.54) is 18.2 Å². The Morgan fingerprint density at radius 3 is 3.05 bits per heavy atom. The number of rotatable bonds is 2. The maximum Gasteiger partial charge on any atom is 0.287 e. The number of aryl methyl sites for hydroxylation is 1. The fourth-order valence-corrected chi connectivity index (χ4v) is 2.54. The van der Waals surface area contributed by atoms with Gasteiger partial charge in [-0.2, -0.15) is 0 Å². The molecule has 6 heteroatoms. The molecule has 0 radical (unpaired) electrons. The van der Waals surface area contributed by atoms with Crippen molar-refractivity contribution < 1.29 is 18.4 Å². The van der Waals surface area contributed by atoms with Crippen molar-refractivity contribution in [2.75, 3.05) is 6.54 Å². The first-order valence-corrected chi connectivity index (χ1v) is 6.83. The van der Waals surface area contributed by atoms with Gasteiger partial charge in [-0.25, -0.2) is 4.39 Å². The van der Waals surface area contributed by atoms with E-state index in [1.54, 1.807) is 6.92 Å². The molecule has 1 saturated heterocycles. The third kappa shape index (κ3) is 2.49. The average molecular weight is 290 g/mol. The summed E-state index contributed by atoms with van der Waals surface area (Å²) < 4.78 is 18.7. The zero-order chi connectivity index (χ0) is 15.0. The molecule has 1 aromatic carbocycles. The van der Waals surface area contributed by atoms with Gasteiger partial charge in [0.2, 0.25) is 5.91 Å². The molecule has 2 N–H and O–H groups in total. The normalized spacial score (nSPS) is 18.6. The lowest BCUT2D eigenvalue weighted by atomic mass is 10.1. The minimum Gasteiger partial charge on any atom is -0.451 e. The van der Waals surface area contributed by atoms with Crippen LogP contribution in [0.15, 0.2) is 22.6 Å². The SMILES string of the molecule is Cc1c(C(=O)NC2CCCNC2=O)oc2ccc(F)cc12. The Morgan fingerprint density at radius 1 is 1.48 bits per heavy atom. The zero-order valence-corrected chi connectivity index (χ0v) is 11.5. The average Bonchev–Trinajstić information content (AvgIpc) is 2.79. The molecular weight excluding hydrogens is 275 g/mol. The molecule has 3 rings (SSSR count). The van der Waals surface area contributed by atoms with Crippen LogP contribution in [-0.4, -0.2) is 24.4 Å². The van der Waals surface area contributed by atoms with Crippen LogP contribution in [0.4, 0.5) is 4.39 Å². The molecule has 1 fully saturated rings. The summed E-state index contributed by atoms with van der Waals surface area (Å²) in [6, 6.07) is 3.55. The van der Waals surface area contributed by atoms with Gasteiger partial charge >= 0.3 is 0 Å². The minimum absolute atomic E-state index is 0.119. The third-order valence-corrected chi connectivity index (χ3v) is 3.70. The summed E-state index contributed by atoms with van der Waals surface area (Å²) >= 11 is 0. The Labute approximate surface area is 120 Å². The van der Waals surface area contributed by atoms with E-state index in [0.29, 0.717) is 29.5 Å². The van der Waals surface area contributed by atoms with E-state index in [1.807, 2.05) is 0 Å². The van der Waals surface area contributed by atoms with Crippen LogP contribution in [-0.2, 0) is 4.79 Å². The number of halogens is 1. The maximum atomic E-state index is 13.3. The standard InChI is InChI=1S/C15H15FN2O3/c1-8-10-7-9(16)4-5-12(10)21-13(8)15(20)18-11-3-2-6-17-14(11)19/h4-5,7,11H,2-3,6H2,1H3,(H,17,19)(H,18,20). The summed E-state index contributed by atoms with van der Waals surface area (Å²) in [6.45, 7) is 2.33. The Kier molecular flexibility index (Phi) is 3.37. The second-order valence-electron chi connectivity index (χ2n) is 5.16. The smallest absolute Gasteiger partial charge is 0.287 e. The lowest BCUT2D eigenvalue weighted by Crippen LogP contribution is -2.50. The van der Waals surface area contributed by atoms with Crippen LogP contribution in [0, 0.1) is 12.7 Å². The van der Waals surface area contributed by atoms with E-state index in [0.717, 1.165) is 6.42 Å². The van der Waals surface area contributed by atoms with E-state index in [-0.39, 0.29) is 17.5 Å². The monoisotopic (exact) mass is 290 g/mol. The summed E-state index contributed by atoms with van der Waals surface area (Å²) in [4.78, 5) is 23.9. The predicted molar refractivity (Wildman–Crippen MR) is 74.4 cm³/mol. The molecule has 1 atom stereocenters. The van der Waals surface area contributed by atoms with Gasteiger partial charge < -0.3 is 15.1 Å². The number of fused-ring (bicyclic) bond motifs is 1. The third-order valence-electron chi connectivity index (χ3n) is 3.70. The molecule has 110 valence electrons. The maximum absolute atomic E-state index is 13.3. The van der Waals surface area contributed by atoms with E-state index in [9.17, 15) is 14.0 Å². The summed E-state index contributed by atoms with van der Waals surface area (Å²) in [5.41, 5.74) is 1.02. The number of piperidine rings is 1. The number of nitrogens with one attached hydrogen (secondary N) is 2. The summed E-state index contributed by atoms with van der Waals surface area (Å²) in [5, 5.41) is 5.93. The first-order valence-electron chi connectivity index (χ1n) is 6.83. The first-order chi connectivity index (χ1) is 10.1. The number of benzene rings is 1. The number of amides is 2. The Hall–Kier alpha value is -2.37. The molecule has 0 aliphatic carbocycles. The lowest BCUT2D eigenvalue weighted by Gasteiger charge is -2.22. The molecule has 5 nitrogen and oxygen atoms in total. The highest BCUT2D eigenvalue weighted by Gasteiger charge is 2.26. The quantitative estimate of drug-likeness (QED) is 0.887. The number of carbonyl (C=O) groups excluding carboxylic acids is 2. The summed E-state index contributed by atoms with van der Waals surface area (Å²) in [5.74, 6) is -0.903. The van der Waals surface area contributed by atoms with Crippen LogP contribution in [0.1, 0.15) is 29.0 Å². The van der Waals surface area contributed by atoms with E-state index in [2.05, 4.69) is 10.6 Å². The van der Waals surface area contributed by atoms with Gasteiger partial charge in [-0.15, -0.1) is 0 Å². The van der Waals surface area contributed by atoms with Gasteiger partial charge in [0.25, 0.3) is 5.91 Å². The van der Waals surface area contributed by atoms with Gasteiger partial charge in [-0.05, 0) is 38.0 Å². The fraction of sp³-hybridized carbons (Fsp3) is 0.333. The second kappa shape index (κ2) is 5.20. The van der Waals surface area contributed by atoms with Gasteiger partial charge in [0.1, 0.15) is 17.4 Å². The highest BCUT2D eigenvalue weighted by Crippen LogP contribution is 2.26. The van der Waals surface area contributed by atoms with Crippen molar-refractivity contribution in [3.8, 4) is 0 Å². The number of furan rings is 1. The molecular formula is C15H15FN2O3. The fourth-order valence-electron chi connectivity index (χ4n) is 2.54. The Bertz CT molecular complexity index is 723. The second-order valence-corrected chi connectivity index (χ2v) is 5.16. The number of carbonyl (C=O) groups is 2. The molecule has 21 heavy (non-hydrogen) atoms. The summed E-state index contributed by atoms with van der Waals surface area (Å²) in [6.07, 6.45) is 1.42. The van der Waals surface area contributed by atoms with Gasteiger partial charge in [0.05, 0.1) is 0 Å². The Balaban J connectivity index is 1.87. The molecule has 0 saturated carbocycles. The Morgan fingerprint density at radius 2 is 2.29 bits per heavy atom. The molecule has 2 heterocycles. The molecule has 1 aliphatic heterocycles. The molecule has 2 amide bonds. The van der Waals surface area contributed by atoms with Crippen molar-refractivity contribution in [1.29, 1.82) is 0 Å². The van der Waals surface area contributed by atoms with Gasteiger partial charge in [0, 0.05) is 17.5 Å². The van der Waals surface area contributed by atoms with Crippen molar-refractivity contribution in [3.05, 3.63) is 35.3 Å². The minimum atomic E-state index is -0.546. The lowest BCUT2D eigenvalue weighted by molar-refractivity contribution is -0.124. The van der Waals surface area contributed by atoms with Crippen molar-refractivity contribution in [2.45, 2.75) is 25.8 Å². The topological polar surface area (TPSA) is 71.3 Å². The van der Waals surface area contributed by atoms with Crippen molar-refractivity contribution in [2.24, 2.45) is 0 Å². The van der Waals surface area contributed by atoms with Crippen LogP contribution in [0.25, 0.3) is 11.0 Å². The zero-order valence-electron chi connectivity index (χ0n) is 11.5. The molecule has 1 aromatic heterocycles. The largest absolute Gasteiger partial charge is 0.451 e. The van der Waals surface area contributed by atoms with Gasteiger partial charge in [0.15, 0.2) is 5.76 Å². The van der Waals surface area contributed by atoms with Crippen LogP contribution in [0.2, 0.25) is 0 Å². The van der Waals surface area contributed by atoms with Crippen molar-refractivity contribution >= 4 is 22.8 Å². The van der Waals surface area contributed by atoms with E-state index in [4.69, 9.17) is 4.42 Å². The molecule has 2 aromatic rings. The highest BCUT2D eigenvalue weighted by molar-refractivity contribution is 6.01. The number of hydrogen-bond donors (Lipinski definition) is 2. The predicted octanol–water partition coefficient (Wildman–Crippen LogP) is 1.89.